The standard InChI is InChI=1S/C13H16ClN3O2S2/c1-15-9-10-2-3-11(8-12(10)14)21(18,19)17-5-4-13-16-6-7-20-13/h2-3,6-8,15,17H,4-5,9H2,1H3. The van der Waals surface area contributed by atoms with Crippen LogP contribution in [0.4, 0.5) is 0 Å². The lowest BCUT2D eigenvalue weighted by molar-refractivity contribution is 0.581. The first-order valence-electron chi connectivity index (χ1n) is 6.34. The number of hydrogen-bond donors (Lipinski definition) is 2. The van der Waals surface area contributed by atoms with Crippen molar-refractivity contribution < 1.29 is 8.42 Å². The Labute approximate surface area is 133 Å². The van der Waals surface area contributed by atoms with E-state index in [9.17, 15) is 8.42 Å². The van der Waals surface area contributed by atoms with Crippen molar-refractivity contribution in [2.75, 3.05) is 13.6 Å². The highest BCUT2D eigenvalue weighted by molar-refractivity contribution is 7.89. The number of nitrogens with zero attached hydrogens (tertiary/aromatic N) is 1. The number of rotatable bonds is 7. The predicted octanol–water partition coefficient (Wildman–Crippen LogP) is 2.04. The normalized spacial score (nSPS) is 11.7. The molecule has 0 spiro atoms. The Bertz CT molecular complexity index is 687. The summed E-state index contributed by atoms with van der Waals surface area (Å²) in [4.78, 5) is 4.28. The Morgan fingerprint density at radius 1 is 1.38 bits per heavy atom. The Kier molecular flexibility index (Phi) is 5.72. The summed E-state index contributed by atoms with van der Waals surface area (Å²) in [5, 5.41) is 6.18. The summed E-state index contributed by atoms with van der Waals surface area (Å²) in [5.74, 6) is 0. The fourth-order valence-corrected chi connectivity index (χ4v) is 3.77. The number of nitrogens with one attached hydrogen (secondary N) is 2. The third-order valence-corrected chi connectivity index (χ3v) is 5.47. The van der Waals surface area contributed by atoms with Crippen LogP contribution in [0.3, 0.4) is 0 Å². The second-order valence-corrected chi connectivity index (χ2v) is 7.51. The van der Waals surface area contributed by atoms with Gasteiger partial charge in [-0.1, -0.05) is 17.7 Å². The molecule has 0 aliphatic carbocycles. The highest BCUT2D eigenvalue weighted by atomic mass is 35.5. The van der Waals surface area contributed by atoms with Crippen molar-refractivity contribution in [3.05, 3.63) is 45.4 Å². The van der Waals surface area contributed by atoms with Gasteiger partial charge in [-0.25, -0.2) is 18.1 Å². The van der Waals surface area contributed by atoms with E-state index in [1.807, 2.05) is 5.38 Å². The topological polar surface area (TPSA) is 71.1 Å². The molecule has 0 aliphatic heterocycles. The van der Waals surface area contributed by atoms with Gasteiger partial charge in [-0.2, -0.15) is 0 Å². The van der Waals surface area contributed by atoms with Crippen molar-refractivity contribution in [3.8, 4) is 0 Å². The van der Waals surface area contributed by atoms with Gasteiger partial charge in [0.2, 0.25) is 10.0 Å². The molecule has 0 amide bonds. The molecular formula is C13H16ClN3O2S2. The van der Waals surface area contributed by atoms with Crippen molar-refractivity contribution in [1.82, 2.24) is 15.0 Å². The van der Waals surface area contributed by atoms with E-state index in [0.29, 0.717) is 24.5 Å². The molecule has 2 rings (SSSR count). The molecule has 5 nitrogen and oxygen atoms in total. The SMILES string of the molecule is CNCc1ccc(S(=O)(=O)NCCc2nccs2)cc1Cl. The molecule has 1 heterocycles. The lowest BCUT2D eigenvalue weighted by Gasteiger charge is -2.09. The van der Waals surface area contributed by atoms with Crippen LogP contribution in [0.5, 0.6) is 0 Å². The van der Waals surface area contributed by atoms with Crippen LogP contribution >= 0.6 is 22.9 Å². The second kappa shape index (κ2) is 7.33. The summed E-state index contributed by atoms with van der Waals surface area (Å²) in [7, 11) is -1.74. The minimum Gasteiger partial charge on any atom is -0.316 e. The van der Waals surface area contributed by atoms with Crippen LogP contribution in [-0.4, -0.2) is 27.0 Å². The first kappa shape index (κ1) is 16.4. The Hall–Kier alpha value is -0.990. The maximum Gasteiger partial charge on any atom is 0.240 e. The van der Waals surface area contributed by atoms with Crippen molar-refractivity contribution in [1.29, 1.82) is 0 Å². The zero-order valence-electron chi connectivity index (χ0n) is 11.5. The third kappa shape index (κ3) is 4.49. The lowest BCUT2D eigenvalue weighted by atomic mass is 10.2. The van der Waals surface area contributed by atoms with E-state index in [4.69, 9.17) is 11.6 Å². The number of sulfonamides is 1. The summed E-state index contributed by atoms with van der Waals surface area (Å²) in [6.45, 7) is 0.905. The van der Waals surface area contributed by atoms with E-state index in [2.05, 4.69) is 15.0 Å². The number of hydrogen-bond acceptors (Lipinski definition) is 5. The summed E-state index contributed by atoms with van der Waals surface area (Å²) < 4.78 is 26.9. The van der Waals surface area contributed by atoms with Crippen LogP contribution < -0.4 is 10.0 Å². The van der Waals surface area contributed by atoms with Crippen LogP contribution in [0.25, 0.3) is 0 Å². The lowest BCUT2D eigenvalue weighted by Crippen LogP contribution is -2.26. The van der Waals surface area contributed by atoms with Gasteiger partial charge in [0.15, 0.2) is 0 Å². The van der Waals surface area contributed by atoms with Gasteiger partial charge in [-0.3, -0.25) is 0 Å². The molecule has 0 fully saturated rings. The fraction of sp³-hybridized carbons (Fsp3) is 0.308. The number of benzene rings is 1. The van der Waals surface area contributed by atoms with Gasteiger partial charge in [0.05, 0.1) is 9.90 Å². The molecule has 0 unspecified atom stereocenters. The van der Waals surface area contributed by atoms with E-state index < -0.39 is 10.0 Å². The molecule has 114 valence electrons. The van der Waals surface area contributed by atoms with E-state index in [0.717, 1.165) is 10.6 Å². The molecule has 0 saturated heterocycles. The molecule has 2 aromatic rings. The molecule has 1 aromatic carbocycles. The monoisotopic (exact) mass is 345 g/mol. The second-order valence-electron chi connectivity index (χ2n) is 4.36. The average Bonchev–Trinajstić information content (AvgIpc) is 2.94. The Balaban J connectivity index is 2.03. The maximum absolute atomic E-state index is 12.2. The van der Waals surface area contributed by atoms with Crippen LogP contribution in [0.15, 0.2) is 34.7 Å². The molecule has 2 N–H and O–H groups in total. The van der Waals surface area contributed by atoms with Gasteiger partial charge in [0.25, 0.3) is 0 Å². The first-order valence-corrected chi connectivity index (χ1v) is 9.08. The minimum absolute atomic E-state index is 0.173. The molecule has 21 heavy (non-hydrogen) atoms. The summed E-state index contributed by atoms with van der Waals surface area (Å²) in [6.07, 6.45) is 2.28. The van der Waals surface area contributed by atoms with Gasteiger partial charge in [0, 0.05) is 36.1 Å². The van der Waals surface area contributed by atoms with E-state index in [1.165, 1.54) is 17.4 Å². The molecule has 0 bridgehead atoms. The number of thiazole rings is 1. The molecule has 0 aliphatic rings. The highest BCUT2D eigenvalue weighted by Gasteiger charge is 2.15. The van der Waals surface area contributed by atoms with E-state index in [1.54, 1.807) is 25.4 Å². The van der Waals surface area contributed by atoms with Gasteiger partial charge in [-0.05, 0) is 24.7 Å². The molecule has 8 heteroatoms. The van der Waals surface area contributed by atoms with Gasteiger partial charge >= 0.3 is 0 Å². The average molecular weight is 346 g/mol. The highest BCUT2D eigenvalue weighted by Crippen LogP contribution is 2.20. The van der Waals surface area contributed by atoms with Crippen molar-refractivity contribution >= 4 is 33.0 Å². The van der Waals surface area contributed by atoms with Crippen molar-refractivity contribution in [3.63, 3.8) is 0 Å². The van der Waals surface area contributed by atoms with Gasteiger partial charge in [-0.15, -0.1) is 11.3 Å². The van der Waals surface area contributed by atoms with Gasteiger partial charge in [0.1, 0.15) is 0 Å². The summed E-state index contributed by atoms with van der Waals surface area (Å²) in [5.41, 5.74) is 0.862. The molecule has 0 atom stereocenters. The number of halogens is 1. The smallest absolute Gasteiger partial charge is 0.240 e. The van der Waals surface area contributed by atoms with Crippen LogP contribution in [0, 0.1) is 0 Å². The first-order chi connectivity index (χ1) is 10.0. The fourth-order valence-electron chi connectivity index (χ4n) is 1.78. The van der Waals surface area contributed by atoms with Crippen LogP contribution in [-0.2, 0) is 23.0 Å². The molecule has 1 aromatic heterocycles. The zero-order chi connectivity index (χ0) is 15.3. The van der Waals surface area contributed by atoms with Crippen molar-refractivity contribution in [2.45, 2.75) is 17.9 Å². The van der Waals surface area contributed by atoms with Crippen molar-refractivity contribution in [2.24, 2.45) is 0 Å². The largest absolute Gasteiger partial charge is 0.316 e. The van der Waals surface area contributed by atoms with Gasteiger partial charge < -0.3 is 5.32 Å². The van der Waals surface area contributed by atoms with E-state index >= 15 is 0 Å². The molecule has 0 radical (unpaired) electrons. The minimum atomic E-state index is -3.55. The third-order valence-electron chi connectivity index (χ3n) is 2.82. The quantitative estimate of drug-likeness (QED) is 0.805. The van der Waals surface area contributed by atoms with Crippen LogP contribution in [0.1, 0.15) is 10.6 Å². The summed E-state index contributed by atoms with van der Waals surface area (Å²) >= 11 is 7.59. The molecule has 0 saturated carbocycles. The zero-order valence-corrected chi connectivity index (χ0v) is 13.9. The Morgan fingerprint density at radius 3 is 2.81 bits per heavy atom. The maximum atomic E-state index is 12.2. The summed E-state index contributed by atoms with van der Waals surface area (Å²) in [6, 6.07) is 4.75. The number of aromatic nitrogens is 1. The van der Waals surface area contributed by atoms with Crippen LogP contribution in [0.2, 0.25) is 5.02 Å². The molecular weight excluding hydrogens is 330 g/mol. The Morgan fingerprint density at radius 2 is 2.19 bits per heavy atom. The predicted molar refractivity (Wildman–Crippen MR) is 85.2 cm³/mol. The van der Waals surface area contributed by atoms with E-state index in [-0.39, 0.29) is 4.90 Å².